The summed E-state index contributed by atoms with van der Waals surface area (Å²) in [5, 5.41) is 6.94. The molecule has 4 heteroatoms. The Balaban J connectivity index is 2.23. The first-order valence-corrected chi connectivity index (χ1v) is 4.94. The largest absolute Gasteiger partial charge is 0.326 e. The van der Waals surface area contributed by atoms with Crippen molar-refractivity contribution < 1.29 is 0 Å². The quantitative estimate of drug-likeness (QED) is 0.784. The number of hydrogen-bond donors (Lipinski definition) is 2. The van der Waals surface area contributed by atoms with E-state index < -0.39 is 0 Å². The molecule has 1 heterocycles. The number of nitrogens with zero attached hydrogens (tertiary/aromatic N) is 2. The zero-order valence-electron chi connectivity index (χ0n) is 8.70. The van der Waals surface area contributed by atoms with Gasteiger partial charge in [0.25, 0.3) is 0 Å². The van der Waals surface area contributed by atoms with Gasteiger partial charge in [-0.25, -0.2) is 4.98 Å². The summed E-state index contributed by atoms with van der Waals surface area (Å²) in [6.07, 6.45) is 0.734. The van der Waals surface area contributed by atoms with E-state index in [2.05, 4.69) is 21.2 Å². The molecular formula is C11H14N4. The van der Waals surface area contributed by atoms with Gasteiger partial charge in [0.15, 0.2) is 5.82 Å². The van der Waals surface area contributed by atoms with Gasteiger partial charge in [0.05, 0.1) is 0 Å². The normalized spacial score (nSPS) is 10.5. The third-order valence-corrected chi connectivity index (χ3v) is 2.33. The van der Waals surface area contributed by atoms with Gasteiger partial charge in [-0.05, 0) is 18.1 Å². The predicted octanol–water partition coefficient (Wildman–Crippen LogP) is 1.16. The van der Waals surface area contributed by atoms with Gasteiger partial charge >= 0.3 is 0 Å². The lowest BCUT2D eigenvalue weighted by Crippen LogP contribution is -2.02. The van der Waals surface area contributed by atoms with Gasteiger partial charge < -0.3 is 5.73 Å². The van der Waals surface area contributed by atoms with Crippen molar-refractivity contribution in [3.05, 3.63) is 47.0 Å². The lowest BCUT2D eigenvalue weighted by atomic mass is 10.0. The van der Waals surface area contributed by atoms with E-state index in [-0.39, 0.29) is 0 Å². The third-order valence-electron chi connectivity index (χ3n) is 2.33. The molecule has 2 rings (SSSR count). The molecule has 0 atom stereocenters. The van der Waals surface area contributed by atoms with E-state index in [0.29, 0.717) is 6.54 Å². The molecule has 1 aromatic heterocycles. The lowest BCUT2D eigenvalue weighted by molar-refractivity contribution is 0.943. The standard InChI is InChI=1S/C11H14N4/c1-8-13-11(15-14-8)6-9-4-2-3-5-10(9)7-12/h2-5H,6-7,12H2,1H3,(H,13,14,15). The number of H-pyrrole nitrogens is 1. The maximum Gasteiger partial charge on any atom is 0.155 e. The van der Waals surface area contributed by atoms with Crippen LogP contribution in [-0.4, -0.2) is 15.2 Å². The van der Waals surface area contributed by atoms with Crippen LogP contribution in [-0.2, 0) is 13.0 Å². The van der Waals surface area contributed by atoms with Crippen molar-refractivity contribution in [3.63, 3.8) is 0 Å². The zero-order valence-corrected chi connectivity index (χ0v) is 8.70. The van der Waals surface area contributed by atoms with Crippen molar-refractivity contribution in [1.82, 2.24) is 15.2 Å². The SMILES string of the molecule is Cc1nc(Cc2ccccc2CN)n[nH]1. The van der Waals surface area contributed by atoms with Crippen LogP contribution in [0.3, 0.4) is 0 Å². The van der Waals surface area contributed by atoms with Gasteiger partial charge in [0, 0.05) is 13.0 Å². The summed E-state index contributed by atoms with van der Waals surface area (Å²) in [6.45, 7) is 2.45. The van der Waals surface area contributed by atoms with Gasteiger partial charge in [0.2, 0.25) is 0 Å². The smallest absolute Gasteiger partial charge is 0.155 e. The minimum Gasteiger partial charge on any atom is -0.326 e. The van der Waals surface area contributed by atoms with Gasteiger partial charge in [-0.1, -0.05) is 24.3 Å². The molecule has 1 aromatic carbocycles. The number of aryl methyl sites for hydroxylation is 1. The van der Waals surface area contributed by atoms with Crippen molar-refractivity contribution in [3.8, 4) is 0 Å². The van der Waals surface area contributed by atoms with E-state index in [9.17, 15) is 0 Å². The molecule has 0 aliphatic heterocycles. The van der Waals surface area contributed by atoms with Gasteiger partial charge in [-0.2, -0.15) is 5.10 Å². The Bertz CT molecular complexity index is 447. The Morgan fingerprint density at radius 1 is 1.27 bits per heavy atom. The van der Waals surface area contributed by atoms with Gasteiger partial charge in [-0.3, -0.25) is 5.10 Å². The minimum absolute atomic E-state index is 0.555. The van der Waals surface area contributed by atoms with Crippen molar-refractivity contribution >= 4 is 0 Å². The Kier molecular flexibility index (Phi) is 2.78. The minimum atomic E-state index is 0.555. The summed E-state index contributed by atoms with van der Waals surface area (Å²) >= 11 is 0. The van der Waals surface area contributed by atoms with Crippen LogP contribution in [0.15, 0.2) is 24.3 Å². The van der Waals surface area contributed by atoms with Crippen LogP contribution in [0.5, 0.6) is 0 Å². The van der Waals surface area contributed by atoms with Crippen LogP contribution in [0.1, 0.15) is 22.8 Å². The summed E-state index contributed by atoms with van der Waals surface area (Å²) in [4.78, 5) is 4.27. The summed E-state index contributed by atoms with van der Waals surface area (Å²) in [5.74, 6) is 1.66. The molecule has 0 saturated carbocycles. The molecule has 0 fully saturated rings. The first kappa shape index (κ1) is 9.86. The van der Waals surface area contributed by atoms with Gasteiger partial charge in [0.1, 0.15) is 5.82 Å². The molecule has 0 radical (unpaired) electrons. The Labute approximate surface area is 88.5 Å². The number of aromatic nitrogens is 3. The molecule has 0 amide bonds. The highest BCUT2D eigenvalue weighted by atomic mass is 15.2. The molecule has 2 aromatic rings. The molecule has 78 valence electrons. The fraction of sp³-hybridized carbons (Fsp3) is 0.273. The van der Waals surface area contributed by atoms with Crippen LogP contribution in [0.2, 0.25) is 0 Å². The van der Waals surface area contributed by atoms with E-state index in [1.54, 1.807) is 0 Å². The van der Waals surface area contributed by atoms with Crippen LogP contribution in [0.4, 0.5) is 0 Å². The molecule has 4 nitrogen and oxygen atoms in total. The number of benzene rings is 1. The predicted molar refractivity (Wildman–Crippen MR) is 58.3 cm³/mol. The number of nitrogens with one attached hydrogen (secondary N) is 1. The summed E-state index contributed by atoms with van der Waals surface area (Å²) < 4.78 is 0. The van der Waals surface area contributed by atoms with E-state index >= 15 is 0 Å². The number of aromatic amines is 1. The Hall–Kier alpha value is -1.68. The maximum atomic E-state index is 5.66. The topological polar surface area (TPSA) is 67.6 Å². The van der Waals surface area contributed by atoms with E-state index in [1.807, 2.05) is 25.1 Å². The Morgan fingerprint density at radius 3 is 2.60 bits per heavy atom. The molecule has 0 aliphatic carbocycles. The molecular weight excluding hydrogens is 188 g/mol. The fourth-order valence-electron chi connectivity index (χ4n) is 1.57. The van der Waals surface area contributed by atoms with E-state index in [1.165, 1.54) is 5.56 Å². The molecule has 3 N–H and O–H groups in total. The molecule has 0 spiro atoms. The molecule has 0 saturated heterocycles. The van der Waals surface area contributed by atoms with Crippen LogP contribution in [0.25, 0.3) is 0 Å². The highest BCUT2D eigenvalue weighted by Crippen LogP contribution is 2.11. The van der Waals surface area contributed by atoms with Crippen LogP contribution < -0.4 is 5.73 Å². The van der Waals surface area contributed by atoms with Crippen LogP contribution in [0, 0.1) is 6.92 Å². The molecule has 0 bridgehead atoms. The van der Waals surface area contributed by atoms with Crippen molar-refractivity contribution in [2.45, 2.75) is 19.9 Å². The number of rotatable bonds is 3. The van der Waals surface area contributed by atoms with Gasteiger partial charge in [-0.15, -0.1) is 0 Å². The third kappa shape index (κ3) is 2.22. The molecule has 0 aliphatic rings. The van der Waals surface area contributed by atoms with Crippen molar-refractivity contribution in [2.75, 3.05) is 0 Å². The first-order chi connectivity index (χ1) is 7.29. The number of nitrogens with two attached hydrogens (primary N) is 1. The average molecular weight is 202 g/mol. The highest BCUT2D eigenvalue weighted by molar-refractivity contribution is 5.29. The molecule has 0 unspecified atom stereocenters. The fourth-order valence-corrected chi connectivity index (χ4v) is 1.57. The average Bonchev–Trinajstić information content (AvgIpc) is 2.65. The van der Waals surface area contributed by atoms with E-state index in [4.69, 9.17) is 5.73 Å². The highest BCUT2D eigenvalue weighted by Gasteiger charge is 2.04. The summed E-state index contributed by atoms with van der Waals surface area (Å²) in [6, 6.07) is 8.10. The monoisotopic (exact) mass is 202 g/mol. The van der Waals surface area contributed by atoms with Crippen molar-refractivity contribution in [1.29, 1.82) is 0 Å². The zero-order chi connectivity index (χ0) is 10.7. The maximum absolute atomic E-state index is 5.66. The molecule has 15 heavy (non-hydrogen) atoms. The number of hydrogen-bond acceptors (Lipinski definition) is 3. The second kappa shape index (κ2) is 4.23. The second-order valence-corrected chi connectivity index (χ2v) is 3.49. The lowest BCUT2D eigenvalue weighted by Gasteiger charge is -2.04. The Morgan fingerprint density at radius 2 is 2.00 bits per heavy atom. The van der Waals surface area contributed by atoms with Crippen LogP contribution >= 0.6 is 0 Å². The van der Waals surface area contributed by atoms with Crippen molar-refractivity contribution in [2.24, 2.45) is 5.73 Å². The van der Waals surface area contributed by atoms with E-state index in [0.717, 1.165) is 23.6 Å². The second-order valence-electron chi connectivity index (χ2n) is 3.49. The first-order valence-electron chi connectivity index (χ1n) is 4.94. The summed E-state index contributed by atoms with van der Waals surface area (Å²) in [5.41, 5.74) is 8.01. The summed E-state index contributed by atoms with van der Waals surface area (Å²) in [7, 11) is 0.